The van der Waals surface area contributed by atoms with Gasteiger partial charge in [0.1, 0.15) is 11.5 Å². The summed E-state index contributed by atoms with van der Waals surface area (Å²) in [4.78, 5) is 0. The lowest BCUT2D eigenvalue weighted by Gasteiger charge is -2.38. The van der Waals surface area contributed by atoms with E-state index in [1.54, 1.807) is 12.1 Å². The Bertz CT molecular complexity index is 1100. The van der Waals surface area contributed by atoms with E-state index in [4.69, 9.17) is 12.3 Å². The Morgan fingerprint density at radius 2 is 0.900 bits per heavy atom. The van der Waals surface area contributed by atoms with Gasteiger partial charge in [0.15, 0.2) is 33.3 Å². The third-order valence-electron chi connectivity index (χ3n) is 6.42. The third kappa shape index (κ3) is 12.9. The maximum absolute atomic E-state index is 10.7. The van der Waals surface area contributed by atoms with Gasteiger partial charge in [0.05, 0.1) is 0 Å². The Morgan fingerprint density at radius 1 is 0.525 bits per heavy atom. The third-order valence-corrected chi connectivity index (χ3v) is 22.3. The standard InChI is InChI=1S/C30H56O5Si5/c1-36(2,3)33-39(10,11)21-13-15-27-23-25(17-19-29(27)31)26-18-20-30(32)28(24-26)16-14-22-40(12,34-37(4,5)6)35-38(7,8)9/h17-20,23-24,31-32H,13-16,21-22H2,1-12H3. The Balaban J connectivity index is 2.14. The summed E-state index contributed by atoms with van der Waals surface area (Å²) in [6.45, 7) is 27.0. The number of rotatable bonds is 15. The van der Waals surface area contributed by atoms with E-state index < -0.39 is 41.8 Å². The topological polar surface area (TPSA) is 68.2 Å². The van der Waals surface area contributed by atoms with E-state index in [0.29, 0.717) is 11.5 Å². The molecule has 0 saturated heterocycles. The van der Waals surface area contributed by atoms with E-state index in [9.17, 15) is 10.2 Å². The molecule has 40 heavy (non-hydrogen) atoms. The van der Waals surface area contributed by atoms with E-state index >= 15 is 0 Å². The van der Waals surface area contributed by atoms with E-state index in [1.807, 2.05) is 12.1 Å². The number of aryl methyl sites for hydroxylation is 2. The summed E-state index contributed by atoms with van der Waals surface area (Å²) in [6.07, 6.45) is 3.51. The number of phenols is 2. The Kier molecular flexibility index (Phi) is 11.9. The maximum Gasteiger partial charge on any atom is 0.314 e. The zero-order valence-electron chi connectivity index (χ0n) is 27.3. The van der Waals surface area contributed by atoms with Crippen LogP contribution in [0.5, 0.6) is 11.5 Å². The fourth-order valence-corrected chi connectivity index (χ4v) is 26.1. The Hall–Kier alpha value is -0.996. The van der Waals surface area contributed by atoms with Gasteiger partial charge in [0.25, 0.3) is 0 Å². The quantitative estimate of drug-likeness (QED) is 0.191. The number of phenolic OH excluding ortho intramolecular Hbond substituents is 2. The van der Waals surface area contributed by atoms with Crippen LogP contribution in [0.15, 0.2) is 36.4 Å². The van der Waals surface area contributed by atoms with Crippen molar-refractivity contribution in [1.29, 1.82) is 0 Å². The molecule has 0 bridgehead atoms. The molecule has 2 aromatic rings. The van der Waals surface area contributed by atoms with Gasteiger partial charge >= 0.3 is 8.56 Å². The van der Waals surface area contributed by atoms with Crippen molar-refractivity contribution in [2.45, 2.75) is 116 Å². The van der Waals surface area contributed by atoms with Crippen molar-refractivity contribution in [2.24, 2.45) is 0 Å². The fraction of sp³-hybridized carbons (Fsp3) is 0.600. The smallest absolute Gasteiger partial charge is 0.314 e. The lowest BCUT2D eigenvalue weighted by molar-refractivity contribution is 0.381. The molecule has 0 atom stereocenters. The van der Waals surface area contributed by atoms with E-state index in [-0.39, 0.29) is 0 Å². The fourth-order valence-electron chi connectivity index (χ4n) is 5.53. The van der Waals surface area contributed by atoms with Crippen LogP contribution in [0.2, 0.25) is 90.7 Å². The molecule has 0 fully saturated rings. The zero-order chi connectivity index (χ0) is 30.6. The average molecular weight is 637 g/mol. The molecule has 0 aromatic heterocycles. The summed E-state index contributed by atoms with van der Waals surface area (Å²) in [5.41, 5.74) is 4.04. The number of aromatic hydroxyl groups is 2. The molecule has 0 aliphatic carbocycles. The van der Waals surface area contributed by atoms with Gasteiger partial charge in [-0.2, -0.15) is 0 Å². The second-order valence-electron chi connectivity index (χ2n) is 14.9. The van der Waals surface area contributed by atoms with Gasteiger partial charge in [-0.25, -0.2) is 0 Å². The second kappa shape index (κ2) is 13.5. The Labute approximate surface area is 250 Å². The molecule has 0 amide bonds. The molecule has 2 rings (SSSR count). The van der Waals surface area contributed by atoms with Gasteiger partial charge in [0, 0.05) is 0 Å². The molecule has 0 unspecified atom stereocenters. The van der Waals surface area contributed by atoms with Crippen molar-refractivity contribution in [1.82, 2.24) is 0 Å². The first-order valence-electron chi connectivity index (χ1n) is 14.8. The predicted molar refractivity (Wildman–Crippen MR) is 184 cm³/mol. The summed E-state index contributed by atoms with van der Waals surface area (Å²) in [6, 6.07) is 13.7. The number of benzene rings is 2. The van der Waals surface area contributed by atoms with Crippen LogP contribution >= 0.6 is 0 Å². The van der Waals surface area contributed by atoms with Crippen molar-refractivity contribution in [3.8, 4) is 22.6 Å². The van der Waals surface area contributed by atoms with Crippen molar-refractivity contribution in [3.05, 3.63) is 47.5 Å². The summed E-state index contributed by atoms with van der Waals surface area (Å²) in [5, 5.41) is 21.3. The molecule has 10 heteroatoms. The summed E-state index contributed by atoms with van der Waals surface area (Å²) in [5.74, 6) is 0.681. The van der Waals surface area contributed by atoms with Crippen molar-refractivity contribution in [2.75, 3.05) is 0 Å². The first kappa shape index (κ1) is 35.2. The van der Waals surface area contributed by atoms with E-state index in [0.717, 1.165) is 60.0 Å². The largest absolute Gasteiger partial charge is 0.508 e. The summed E-state index contributed by atoms with van der Waals surface area (Å²) < 4.78 is 19.8. The van der Waals surface area contributed by atoms with E-state index in [2.05, 4.69) is 90.7 Å². The van der Waals surface area contributed by atoms with Crippen LogP contribution in [0, 0.1) is 0 Å². The highest BCUT2D eigenvalue weighted by atomic mass is 28.5. The normalized spacial score (nSPS) is 13.6. The molecule has 0 saturated carbocycles. The molecular formula is C30H56O5Si5. The minimum Gasteiger partial charge on any atom is -0.508 e. The van der Waals surface area contributed by atoms with Crippen molar-refractivity contribution in [3.63, 3.8) is 0 Å². The van der Waals surface area contributed by atoms with Gasteiger partial charge < -0.3 is 22.6 Å². The molecule has 0 aliphatic rings. The van der Waals surface area contributed by atoms with Crippen LogP contribution in [0.25, 0.3) is 11.1 Å². The summed E-state index contributed by atoms with van der Waals surface area (Å²) >= 11 is 0. The molecule has 0 spiro atoms. The van der Waals surface area contributed by atoms with Crippen LogP contribution in [-0.2, 0) is 25.2 Å². The molecule has 0 radical (unpaired) electrons. The predicted octanol–water partition coefficient (Wildman–Crippen LogP) is 9.46. The van der Waals surface area contributed by atoms with Gasteiger partial charge in [0.2, 0.25) is 0 Å². The SMILES string of the molecule is C[Si](C)(C)O[Si](C)(C)CCCc1cc(-c2ccc(O)c(CCC[Si](C)(O[Si](C)(C)C)O[Si](C)(C)C)c2)ccc1O. The minimum atomic E-state index is -2.31. The first-order valence-corrected chi connectivity index (χ1v) is 30.7. The molecule has 2 aromatic carbocycles. The highest BCUT2D eigenvalue weighted by Gasteiger charge is 2.39. The summed E-state index contributed by atoms with van der Waals surface area (Å²) in [7, 11) is -9.06. The average Bonchev–Trinajstić information content (AvgIpc) is 2.71. The van der Waals surface area contributed by atoms with Crippen LogP contribution in [0.1, 0.15) is 24.0 Å². The van der Waals surface area contributed by atoms with Crippen LogP contribution in [0.3, 0.4) is 0 Å². The molecular weight excluding hydrogens is 581 g/mol. The molecule has 2 N–H and O–H groups in total. The van der Waals surface area contributed by atoms with Crippen molar-refractivity contribution < 1.29 is 22.6 Å². The molecule has 0 heterocycles. The minimum absolute atomic E-state index is 0.331. The van der Waals surface area contributed by atoms with Crippen molar-refractivity contribution >= 4 is 41.8 Å². The molecule has 5 nitrogen and oxygen atoms in total. The maximum atomic E-state index is 10.7. The lowest BCUT2D eigenvalue weighted by Crippen LogP contribution is -2.52. The van der Waals surface area contributed by atoms with E-state index in [1.165, 1.54) is 0 Å². The van der Waals surface area contributed by atoms with Gasteiger partial charge in [-0.3, -0.25) is 0 Å². The highest BCUT2D eigenvalue weighted by molar-refractivity contribution is 6.87. The van der Waals surface area contributed by atoms with Gasteiger partial charge in [-0.05, 0) is 163 Å². The van der Waals surface area contributed by atoms with Gasteiger partial charge in [-0.1, -0.05) is 12.1 Å². The van der Waals surface area contributed by atoms with Crippen LogP contribution in [0.4, 0.5) is 0 Å². The monoisotopic (exact) mass is 636 g/mol. The molecule has 0 aliphatic heterocycles. The van der Waals surface area contributed by atoms with Crippen LogP contribution in [-0.4, -0.2) is 52.0 Å². The van der Waals surface area contributed by atoms with Gasteiger partial charge in [-0.15, -0.1) is 0 Å². The lowest BCUT2D eigenvalue weighted by atomic mass is 9.97. The number of hydrogen-bond acceptors (Lipinski definition) is 5. The number of hydrogen-bond donors (Lipinski definition) is 2. The van der Waals surface area contributed by atoms with Crippen LogP contribution < -0.4 is 0 Å². The second-order valence-corrected chi connectivity index (χ2v) is 36.8. The first-order chi connectivity index (χ1) is 18.1. The highest BCUT2D eigenvalue weighted by Crippen LogP contribution is 2.33. The molecule has 226 valence electrons. The zero-order valence-corrected chi connectivity index (χ0v) is 32.3. The Morgan fingerprint density at radius 3 is 1.27 bits per heavy atom.